The number of rotatable bonds is 2. The highest BCUT2D eigenvalue weighted by atomic mass is 16.3. The quantitative estimate of drug-likeness (QED) is 0.501. The molecule has 5 nitrogen and oxygen atoms in total. The van der Waals surface area contributed by atoms with Gasteiger partial charge in [0.15, 0.2) is 0 Å². The third-order valence-corrected chi connectivity index (χ3v) is 1.58. The number of hydrazone groups is 1. The average Bonchev–Trinajstić information content (AvgIpc) is 2.75. The lowest BCUT2D eigenvalue weighted by Crippen LogP contribution is -2.30. The van der Waals surface area contributed by atoms with E-state index in [1.807, 2.05) is 12.1 Å². The van der Waals surface area contributed by atoms with Crippen LogP contribution in [0.3, 0.4) is 0 Å². The summed E-state index contributed by atoms with van der Waals surface area (Å²) in [5.41, 5.74) is 2.77. The first-order chi connectivity index (χ1) is 6.45. The molecular formula is C8H10N4O. The van der Waals surface area contributed by atoms with Crippen LogP contribution in [0, 0.1) is 0 Å². The molecule has 2 rings (SSSR count). The van der Waals surface area contributed by atoms with E-state index < -0.39 is 0 Å². The molecule has 2 N–H and O–H groups in total. The summed E-state index contributed by atoms with van der Waals surface area (Å²) in [6.45, 7) is 1.68. The molecule has 1 aromatic rings. The number of aliphatic imine (C=N–C) groups is 1. The topological polar surface area (TPSA) is 61.9 Å². The Bertz CT molecular complexity index is 315. The number of nitrogens with one attached hydrogen (secondary N) is 2. The van der Waals surface area contributed by atoms with Crippen LogP contribution >= 0.6 is 0 Å². The van der Waals surface area contributed by atoms with E-state index in [-0.39, 0.29) is 0 Å². The fourth-order valence-corrected chi connectivity index (χ4v) is 0.995. The van der Waals surface area contributed by atoms with Gasteiger partial charge in [-0.15, -0.1) is 0 Å². The highest BCUT2D eigenvalue weighted by Crippen LogP contribution is 1.94. The van der Waals surface area contributed by atoms with E-state index in [0.717, 1.165) is 13.1 Å². The second-order valence-corrected chi connectivity index (χ2v) is 2.54. The number of guanidine groups is 1. The summed E-state index contributed by atoms with van der Waals surface area (Å²) in [5.74, 6) is 1.42. The molecule has 0 aromatic carbocycles. The largest absolute Gasteiger partial charge is 0.463 e. The summed E-state index contributed by atoms with van der Waals surface area (Å²) in [5, 5.41) is 6.97. The predicted molar refractivity (Wildman–Crippen MR) is 49.7 cm³/mol. The van der Waals surface area contributed by atoms with Gasteiger partial charge in [-0.05, 0) is 12.1 Å². The minimum Gasteiger partial charge on any atom is -0.463 e. The molecular weight excluding hydrogens is 168 g/mol. The second-order valence-electron chi connectivity index (χ2n) is 2.54. The van der Waals surface area contributed by atoms with Crippen molar-refractivity contribution in [3.8, 4) is 0 Å². The van der Waals surface area contributed by atoms with Gasteiger partial charge in [0.05, 0.1) is 19.0 Å². The maximum absolute atomic E-state index is 5.05. The molecule has 0 fully saturated rings. The van der Waals surface area contributed by atoms with Gasteiger partial charge in [-0.1, -0.05) is 0 Å². The molecule has 0 bridgehead atoms. The van der Waals surface area contributed by atoms with Crippen LogP contribution in [-0.2, 0) is 0 Å². The van der Waals surface area contributed by atoms with Crippen LogP contribution in [0.4, 0.5) is 0 Å². The Labute approximate surface area is 75.5 Å². The summed E-state index contributed by atoms with van der Waals surface area (Å²) < 4.78 is 5.05. The van der Waals surface area contributed by atoms with E-state index in [0.29, 0.717) is 11.7 Å². The molecule has 1 aliphatic heterocycles. The van der Waals surface area contributed by atoms with E-state index in [1.165, 1.54) is 0 Å². The molecule has 1 aromatic heterocycles. The third kappa shape index (κ3) is 2.08. The second kappa shape index (κ2) is 3.75. The molecule has 0 saturated heterocycles. The first-order valence-electron chi connectivity index (χ1n) is 4.06. The molecule has 0 amide bonds. The zero-order chi connectivity index (χ0) is 8.93. The van der Waals surface area contributed by atoms with Gasteiger partial charge in [0.2, 0.25) is 5.96 Å². The number of hydrogen-bond donors (Lipinski definition) is 2. The average molecular weight is 178 g/mol. The van der Waals surface area contributed by atoms with Gasteiger partial charge in [-0.2, -0.15) is 5.10 Å². The van der Waals surface area contributed by atoms with Crippen molar-refractivity contribution < 1.29 is 4.42 Å². The summed E-state index contributed by atoms with van der Waals surface area (Å²) in [4.78, 5) is 4.10. The van der Waals surface area contributed by atoms with Crippen molar-refractivity contribution in [3.63, 3.8) is 0 Å². The lowest BCUT2D eigenvalue weighted by molar-refractivity contribution is 0.560. The molecule has 0 radical (unpaired) electrons. The normalized spacial score (nSPS) is 15.8. The van der Waals surface area contributed by atoms with E-state index >= 15 is 0 Å². The maximum atomic E-state index is 5.05. The Morgan fingerprint density at radius 2 is 2.69 bits per heavy atom. The van der Waals surface area contributed by atoms with Crippen LogP contribution < -0.4 is 10.7 Å². The van der Waals surface area contributed by atoms with Crippen LogP contribution in [0.5, 0.6) is 0 Å². The fourth-order valence-electron chi connectivity index (χ4n) is 0.995. The van der Waals surface area contributed by atoms with Crippen molar-refractivity contribution in [2.24, 2.45) is 10.1 Å². The molecule has 0 saturated carbocycles. The van der Waals surface area contributed by atoms with Crippen molar-refractivity contribution in [2.75, 3.05) is 13.1 Å². The van der Waals surface area contributed by atoms with E-state index in [2.05, 4.69) is 20.8 Å². The summed E-state index contributed by atoms with van der Waals surface area (Å²) in [6, 6.07) is 3.64. The van der Waals surface area contributed by atoms with Crippen LogP contribution in [-0.4, -0.2) is 25.3 Å². The van der Waals surface area contributed by atoms with Crippen molar-refractivity contribution in [2.45, 2.75) is 0 Å². The minimum atomic E-state index is 0.711. The molecule has 0 atom stereocenters. The van der Waals surface area contributed by atoms with Gasteiger partial charge in [0.1, 0.15) is 5.76 Å². The Morgan fingerprint density at radius 3 is 3.38 bits per heavy atom. The number of nitrogens with zero attached hydrogens (tertiary/aromatic N) is 2. The molecule has 68 valence electrons. The monoisotopic (exact) mass is 178 g/mol. The SMILES string of the molecule is C(=N/NC1=NCCN1)/c1ccco1. The lowest BCUT2D eigenvalue weighted by atomic mass is 10.5. The van der Waals surface area contributed by atoms with Crippen LogP contribution in [0.25, 0.3) is 0 Å². The summed E-state index contributed by atoms with van der Waals surface area (Å²) in [6.07, 6.45) is 3.20. The van der Waals surface area contributed by atoms with Gasteiger partial charge in [0.25, 0.3) is 0 Å². The first-order valence-corrected chi connectivity index (χ1v) is 4.06. The van der Waals surface area contributed by atoms with Gasteiger partial charge in [-0.3, -0.25) is 0 Å². The fraction of sp³-hybridized carbons (Fsp3) is 0.250. The first kappa shape index (κ1) is 7.85. The number of furan rings is 1. The van der Waals surface area contributed by atoms with Crippen LogP contribution in [0.2, 0.25) is 0 Å². The molecule has 0 unspecified atom stereocenters. The summed E-state index contributed by atoms with van der Waals surface area (Å²) in [7, 11) is 0. The highest BCUT2D eigenvalue weighted by Gasteiger charge is 2.01. The van der Waals surface area contributed by atoms with Crippen molar-refractivity contribution >= 4 is 12.2 Å². The zero-order valence-corrected chi connectivity index (χ0v) is 7.03. The van der Waals surface area contributed by atoms with Crippen LogP contribution in [0.1, 0.15) is 5.76 Å². The van der Waals surface area contributed by atoms with Crippen molar-refractivity contribution in [1.29, 1.82) is 0 Å². The van der Waals surface area contributed by atoms with Crippen LogP contribution in [0.15, 0.2) is 32.9 Å². The van der Waals surface area contributed by atoms with Crippen molar-refractivity contribution in [1.82, 2.24) is 10.7 Å². The minimum absolute atomic E-state index is 0.711. The molecule has 2 heterocycles. The van der Waals surface area contributed by atoms with Crippen molar-refractivity contribution in [3.05, 3.63) is 24.2 Å². The predicted octanol–water partition coefficient (Wildman–Crippen LogP) is 0.162. The standard InChI is InChI=1S/C8H10N4O/c1-2-7(13-5-1)6-11-12-8-9-3-4-10-8/h1-2,5-6H,3-4H2,(H2,9,10,12)/b11-6-. The van der Waals surface area contributed by atoms with Gasteiger partial charge >= 0.3 is 0 Å². The van der Waals surface area contributed by atoms with E-state index in [1.54, 1.807) is 12.5 Å². The van der Waals surface area contributed by atoms with Gasteiger partial charge < -0.3 is 9.73 Å². The maximum Gasteiger partial charge on any atom is 0.212 e. The third-order valence-electron chi connectivity index (χ3n) is 1.58. The highest BCUT2D eigenvalue weighted by molar-refractivity contribution is 5.83. The Kier molecular flexibility index (Phi) is 2.26. The molecule has 1 aliphatic rings. The Morgan fingerprint density at radius 1 is 1.69 bits per heavy atom. The molecule has 0 spiro atoms. The Balaban J connectivity index is 1.85. The Hall–Kier alpha value is -1.78. The van der Waals surface area contributed by atoms with Gasteiger partial charge in [0, 0.05) is 6.54 Å². The van der Waals surface area contributed by atoms with E-state index in [4.69, 9.17) is 4.42 Å². The molecule has 5 heteroatoms. The van der Waals surface area contributed by atoms with Gasteiger partial charge in [-0.25, -0.2) is 10.4 Å². The molecule has 0 aliphatic carbocycles. The summed E-state index contributed by atoms with van der Waals surface area (Å²) >= 11 is 0. The number of hydrogen-bond acceptors (Lipinski definition) is 5. The smallest absolute Gasteiger partial charge is 0.212 e. The lowest BCUT2D eigenvalue weighted by Gasteiger charge is -1.97. The van der Waals surface area contributed by atoms with E-state index in [9.17, 15) is 0 Å². The zero-order valence-electron chi connectivity index (χ0n) is 7.03. The molecule has 13 heavy (non-hydrogen) atoms.